The quantitative estimate of drug-likeness (QED) is 0.320. The van der Waals surface area contributed by atoms with Gasteiger partial charge in [-0.3, -0.25) is 0 Å². The summed E-state index contributed by atoms with van der Waals surface area (Å²) in [5.41, 5.74) is 0.855. The molecule has 6 nitrogen and oxygen atoms in total. The highest BCUT2D eigenvalue weighted by atomic mass is 127. The second kappa shape index (κ2) is 12.2. The van der Waals surface area contributed by atoms with Gasteiger partial charge in [0.05, 0.1) is 12.1 Å². The summed E-state index contributed by atoms with van der Waals surface area (Å²) in [5, 5.41) is 6.21. The summed E-state index contributed by atoms with van der Waals surface area (Å²) in [6, 6.07) is 9.32. The van der Waals surface area contributed by atoms with Crippen molar-refractivity contribution in [3.05, 3.63) is 59.3 Å². The van der Waals surface area contributed by atoms with E-state index in [4.69, 9.17) is 0 Å². The maximum absolute atomic E-state index is 12.9. The molecule has 32 heavy (non-hydrogen) atoms. The molecule has 2 aromatic rings. The molecule has 1 aliphatic rings. The van der Waals surface area contributed by atoms with Crippen molar-refractivity contribution in [3.63, 3.8) is 0 Å². The summed E-state index contributed by atoms with van der Waals surface area (Å²) in [6.45, 7) is 7.23. The number of nitrogens with one attached hydrogen (secondary N) is 2. The lowest BCUT2D eigenvalue weighted by Gasteiger charge is -2.33. The fourth-order valence-corrected chi connectivity index (χ4v) is 3.29. The predicted octanol–water partition coefficient (Wildman–Crippen LogP) is 3.73. The zero-order chi connectivity index (χ0) is 22.3. The second-order valence-corrected chi connectivity index (χ2v) is 7.56. The van der Waals surface area contributed by atoms with Crippen LogP contribution in [0.15, 0.2) is 47.6 Å². The fraction of sp³-hybridized carbons (Fsp3) is 0.455. The van der Waals surface area contributed by atoms with Gasteiger partial charge < -0.3 is 20.4 Å². The first-order valence-corrected chi connectivity index (χ1v) is 10.4. The molecule has 0 bridgehead atoms. The van der Waals surface area contributed by atoms with E-state index in [2.05, 4.69) is 37.5 Å². The van der Waals surface area contributed by atoms with Gasteiger partial charge in [-0.05, 0) is 43.3 Å². The molecule has 1 aromatic carbocycles. The first-order chi connectivity index (χ1) is 14.8. The molecular formula is C22H30F3IN6. The molecule has 0 amide bonds. The molecule has 0 aliphatic carbocycles. The number of rotatable bonds is 6. The van der Waals surface area contributed by atoms with E-state index in [0.717, 1.165) is 49.7 Å². The van der Waals surface area contributed by atoms with Crippen LogP contribution in [0.4, 0.5) is 19.0 Å². The summed E-state index contributed by atoms with van der Waals surface area (Å²) < 4.78 is 38.7. The minimum atomic E-state index is -4.35. The molecule has 1 saturated heterocycles. The predicted molar refractivity (Wildman–Crippen MR) is 132 cm³/mol. The van der Waals surface area contributed by atoms with Crippen LogP contribution in [0.1, 0.15) is 23.6 Å². The van der Waals surface area contributed by atoms with Gasteiger partial charge in [-0.25, -0.2) is 9.98 Å². The molecule has 0 unspecified atom stereocenters. The highest BCUT2D eigenvalue weighted by Gasteiger charge is 2.30. The zero-order valence-corrected chi connectivity index (χ0v) is 20.7. The topological polar surface area (TPSA) is 55.8 Å². The third kappa shape index (κ3) is 7.80. The summed E-state index contributed by atoms with van der Waals surface area (Å²) in [6.07, 6.45) is -2.52. The summed E-state index contributed by atoms with van der Waals surface area (Å²) in [4.78, 5) is 13.7. The van der Waals surface area contributed by atoms with E-state index < -0.39 is 11.7 Å². The number of pyridine rings is 1. The van der Waals surface area contributed by atoms with E-state index in [1.165, 1.54) is 6.07 Å². The molecule has 0 atom stereocenters. The number of nitrogens with zero attached hydrogens (tertiary/aromatic N) is 4. The van der Waals surface area contributed by atoms with Crippen molar-refractivity contribution in [2.24, 2.45) is 4.99 Å². The second-order valence-electron chi connectivity index (χ2n) is 7.56. The molecule has 0 saturated carbocycles. The maximum atomic E-state index is 12.9. The van der Waals surface area contributed by atoms with E-state index in [-0.39, 0.29) is 30.5 Å². The minimum Gasteiger partial charge on any atom is -0.357 e. The van der Waals surface area contributed by atoms with Gasteiger partial charge >= 0.3 is 6.18 Å². The lowest BCUT2D eigenvalue weighted by Crippen LogP contribution is -2.44. The Morgan fingerprint density at radius 1 is 1.06 bits per heavy atom. The zero-order valence-electron chi connectivity index (χ0n) is 18.3. The van der Waals surface area contributed by atoms with Gasteiger partial charge in [0.2, 0.25) is 0 Å². The van der Waals surface area contributed by atoms with E-state index in [9.17, 15) is 13.2 Å². The standard InChI is InChI=1S/C22H29F3N6.HI/c1-3-26-21(28-14-17-5-4-6-19(13-17)22(23,24)25)29-16-18-7-8-20(27-15-18)31-11-9-30(2)10-12-31;/h4-8,13,15H,3,9-12,14,16H2,1-2H3,(H2,26,28,29);1H. The van der Waals surface area contributed by atoms with Crippen molar-refractivity contribution >= 4 is 35.8 Å². The van der Waals surface area contributed by atoms with Crippen LogP contribution in [0.5, 0.6) is 0 Å². The normalized spacial score (nSPS) is 15.3. The molecule has 2 heterocycles. The molecule has 1 aromatic heterocycles. The van der Waals surface area contributed by atoms with Gasteiger partial charge in [0.15, 0.2) is 5.96 Å². The number of halogens is 4. The number of alkyl halides is 3. The van der Waals surface area contributed by atoms with Crippen LogP contribution in [0.2, 0.25) is 0 Å². The third-order valence-corrected chi connectivity index (χ3v) is 5.11. The van der Waals surface area contributed by atoms with Gasteiger partial charge in [0.1, 0.15) is 5.82 Å². The molecule has 1 fully saturated rings. The van der Waals surface area contributed by atoms with Crippen LogP contribution in [0.3, 0.4) is 0 Å². The average molecular weight is 562 g/mol. The Labute approximate surface area is 204 Å². The lowest BCUT2D eigenvalue weighted by molar-refractivity contribution is -0.137. The minimum absolute atomic E-state index is 0. The Kier molecular flexibility index (Phi) is 10.0. The van der Waals surface area contributed by atoms with Crippen LogP contribution in [-0.2, 0) is 19.3 Å². The summed E-state index contributed by atoms with van der Waals surface area (Å²) in [7, 11) is 2.12. The maximum Gasteiger partial charge on any atom is 0.416 e. The van der Waals surface area contributed by atoms with Gasteiger partial charge in [0.25, 0.3) is 0 Å². The van der Waals surface area contributed by atoms with Crippen molar-refractivity contribution < 1.29 is 13.2 Å². The monoisotopic (exact) mass is 562 g/mol. The number of hydrogen-bond acceptors (Lipinski definition) is 4. The molecule has 0 spiro atoms. The first kappa shape index (κ1) is 26.2. The number of anilines is 1. The number of aliphatic imine (C=N–C) groups is 1. The average Bonchev–Trinajstić information content (AvgIpc) is 2.76. The Bertz CT molecular complexity index is 865. The van der Waals surface area contributed by atoms with E-state index in [0.29, 0.717) is 24.6 Å². The molecular weight excluding hydrogens is 532 g/mol. The van der Waals surface area contributed by atoms with Crippen molar-refractivity contribution in [1.29, 1.82) is 0 Å². The Morgan fingerprint density at radius 2 is 1.81 bits per heavy atom. The number of hydrogen-bond donors (Lipinski definition) is 2. The van der Waals surface area contributed by atoms with Crippen molar-refractivity contribution in [3.8, 4) is 0 Å². The van der Waals surface area contributed by atoms with Crippen LogP contribution in [-0.4, -0.2) is 55.6 Å². The van der Waals surface area contributed by atoms with Crippen LogP contribution in [0.25, 0.3) is 0 Å². The highest BCUT2D eigenvalue weighted by Crippen LogP contribution is 2.29. The number of aromatic nitrogens is 1. The van der Waals surface area contributed by atoms with Crippen LogP contribution >= 0.6 is 24.0 Å². The smallest absolute Gasteiger partial charge is 0.357 e. The summed E-state index contributed by atoms with van der Waals surface area (Å²) >= 11 is 0. The van der Waals surface area contributed by atoms with Crippen LogP contribution in [0, 0.1) is 0 Å². The molecule has 2 N–H and O–H groups in total. The van der Waals surface area contributed by atoms with E-state index in [1.807, 2.05) is 25.3 Å². The van der Waals surface area contributed by atoms with Crippen molar-refractivity contribution in [2.45, 2.75) is 26.2 Å². The molecule has 0 radical (unpaired) electrons. The van der Waals surface area contributed by atoms with Gasteiger partial charge in [-0.2, -0.15) is 13.2 Å². The molecule has 3 rings (SSSR count). The van der Waals surface area contributed by atoms with Gasteiger partial charge in [-0.15, -0.1) is 24.0 Å². The Morgan fingerprint density at radius 3 is 2.44 bits per heavy atom. The Hall–Kier alpha value is -2.08. The lowest BCUT2D eigenvalue weighted by atomic mass is 10.1. The van der Waals surface area contributed by atoms with Gasteiger partial charge in [0, 0.05) is 45.5 Å². The highest BCUT2D eigenvalue weighted by molar-refractivity contribution is 14.0. The largest absolute Gasteiger partial charge is 0.416 e. The summed E-state index contributed by atoms with van der Waals surface area (Å²) in [5.74, 6) is 1.51. The number of guanidine groups is 1. The van der Waals surface area contributed by atoms with E-state index in [1.54, 1.807) is 6.07 Å². The third-order valence-electron chi connectivity index (χ3n) is 5.11. The van der Waals surface area contributed by atoms with Gasteiger partial charge in [-0.1, -0.05) is 18.2 Å². The Balaban J connectivity index is 0.00000363. The SMILES string of the molecule is CCNC(=NCc1ccc(N2CCN(C)CC2)nc1)NCc1cccc(C(F)(F)F)c1.I. The van der Waals surface area contributed by atoms with Crippen molar-refractivity contribution in [1.82, 2.24) is 20.5 Å². The number of piperazine rings is 1. The van der Waals surface area contributed by atoms with E-state index >= 15 is 0 Å². The number of likely N-dealkylation sites (N-methyl/N-ethyl adjacent to an activating group) is 1. The molecule has 1 aliphatic heterocycles. The first-order valence-electron chi connectivity index (χ1n) is 10.4. The number of benzene rings is 1. The molecule has 10 heteroatoms. The molecule has 176 valence electrons. The van der Waals surface area contributed by atoms with Crippen molar-refractivity contribution in [2.75, 3.05) is 44.7 Å². The fourth-order valence-electron chi connectivity index (χ4n) is 3.29. The van der Waals surface area contributed by atoms with Crippen LogP contribution < -0.4 is 15.5 Å².